The highest BCUT2D eigenvalue weighted by atomic mass is 32.2. The van der Waals surface area contributed by atoms with Crippen molar-refractivity contribution in [2.24, 2.45) is 0 Å². The van der Waals surface area contributed by atoms with Gasteiger partial charge in [0.2, 0.25) is 11.8 Å². The van der Waals surface area contributed by atoms with Crippen LogP contribution in [0.15, 0.2) is 52.1 Å². The highest BCUT2D eigenvalue weighted by Gasteiger charge is 2.13. The van der Waals surface area contributed by atoms with Crippen LogP contribution < -0.4 is 14.8 Å². The molecular weight excluding hydrogens is 390 g/mol. The average Bonchev–Trinajstić information content (AvgIpc) is 3.18. The number of aromatic nitrogens is 2. The van der Waals surface area contributed by atoms with Gasteiger partial charge in [0.15, 0.2) is 11.5 Å². The van der Waals surface area contributed by atoms with Crippen LogP contribution in [0.2, 0.25) is 0 Å². The number of aryl methyl sites for hydroxylation is 1. The third-order valence-corrected chi connectivity index (χ3v) is 4.68. The van der Waals surface area contributed by atoms with Crippen LogP contribution >= 0.6 is 11.8 Å². The van der Waals surface area contributed by atoms with E-state index in [1.165, 1.54) is 11.8 Å². The standard InChI is InChI=1S/C21H23N3O4S/c1-4-26-17-11-10-16(12-18(17)27-5-2)22-19(25)13-29-21-24-23-20(28-21)15-8-6-14(3)7-9-15/h6-12H,4-5,13H2,1-3H3,(H,22,25). The maximum Gasteiger partial charge on any atom is 0.277 e. The van der Waals surface area contributed by atoms with Gasteiger partial charge in [-0.15, -0.1) is 10.2 Å². The van der Waals surface area contributed by atoms with Gasteiger partial charge in [-0.05, 0) is 45.0 Å². The smallest absolute Gasteiger partial charge is 0.277 e. The van der Waals surface area contributed by atoms with Crippen LogP contribution in [0.25, 0.3) is 11.5 Å². The van der Waals surface area contributed by atoms with E-state index in [1.807, 2.05) is 45.0 Å². The second-order valence-corrected chi connectivity index (χ2v) is 7.03. The van der Waals surface area contributed by atoms with E-state index in [4.69, 9.17) is 13.9 Å². The molecule has 0 radical (unpaired) electrons. The van der Waals surface area contributed by atoms with Crippen LogP contribution in [-0.4, -0.2) is 35.1 Å². The van der Waals surface area contributed by atoms with Crippen molar-refractivity contribution in [2.45, 2.75) is 26.0 Å². The van der Waals surface area contributed by atoms with Gasteiger partial charge in [-0.1, -0.05) is 29.5 Å². The maximum absolute atomic E-state index is 12.3. The molecule has 0 aliphatic carbocycles. The number of nitrogens with one attached hydrogen (secondary N) is 1. The fourth-order valence-electron chi connectivity index (χ4n) is 2.53. The van der Waals surface area contributed by atoms with E-state index in [2.05, 4.69) is 15.5 Å². The summed E-state index contributed by atoms with van der Waals surface area (Å²) in [6.45, 7) is 6.86. The monoisotopic (exact) mass is 413 g/mol. The molecule has 1 amide bonds. The SMILES string of the molecule is CCOc1ccc(NC(=O)CSc2nnc(-c3ccc(C)cc3)o2)cc1OCC. The number of nitrogens with zero attached hydrogens (tertiary/aromatic N) is 2. The van der Waals surface area contributed by atoms with Gasteiger partial charge in [0.05, 0.1) is 19.0 Å². The zero-order valence-electron chi connectivity index (χ0n) is 16.6. The topological polar surface area (TPSA) is 86.5 Å². The van der Waals surface area contributed by atoms with Crippen molar-refractivity contribution < 1.29 is 18.7 Å². The molecule has 0 saturated carbocycles. The Bertz CT molecular complexity index is 957. The number of hydrogen-bond acceptors (Lipinski definition) is 7. The lowest BCUT2D eigenvalue weighted by Crippen LogP contribution is -2.14. The van der Waals surface area contributed by atoms with Crippen LogP contribution in [0.1, 0.15) is 19.4 Å². The predicted molar refractivity (Wildman–Crippen MR) is 113 cm³/mol. The van der Waals surface area contributed by atoms with E-state index >= 15 is 0 Å². The molecule has 8 heteroatoms. The van der Waals surface area contributed by atoms with Crippen molar-refractivity contribution in [1.29, 1.82) is 0 Å². The van der Waals surface area contributed by atoms with Gasteiger partial charge in [0.1, 0.15) is 0 Å². The van der Waals surface area contributed by atoms with E-state index in [1.54, 1.807) is 18.2 Å². The summed E-state index contributed by atoms with van der Waals surface area (Å²) >= 11 is 1.18. The van der Waals surface area contributed by atoms with Crippen LogP contribution in [0.3, 0.4) is 0 Å². The molecule has 0 atom stereocenters. The molecule has 0 saturated heterocycles. The number of ether oxygens (including phenoxy) is 2. The van der Waals surface area contributed by atoms with Gasteiger partial charge in [-0.25, -0.2) is 0 Å². The van der Waals surface area contributed by atoms with E-state index in [9.17, 15) is 4.79 Å². The van der Waals surface area contributed by atoms with Gasteiger partial charge >= 0.3 is 0 Å². The van der Waals surface area contributed by atoms with Crippen LogP contribution in [0, 0.1) is 6.92 Å². The Labute approximate surface area is 173 Å². The molecule has 0 aliphatic heterocycles. The van der Waals surface area contributed by atoms with Gasteiger partial charge < -0.3 is 19.2 Å². The van der Waals surface area contributed by atoms with E-state index in [0.29, 0.717) is 41.5 Å². The highest BCUT2D eigenvalue weighted by molar-refractivity contribution is 7.99. The first-order chi connectivity index (χ1) is 14.1. The van der Waals surface area contributed by atoms with Gasteiger partial charge in [0, 0.05) is 17.3 Å². The Kier molecular flexibility index (Phi) is 7.13. The number of thioether (sulfide) groups is 1. The molecule has 1 heterocycles. The van der Waals surface area contributed by atoms with E-state index < -0.39 is 0 Å². The summed E-state index contributed by atoms with van der Waals surface area (Å²) in [4.78, 5) is 12.3. The first-order valence-electron chi connectivity index (χ1n) is 9.32. The Morgan fingerprint density at radius 3 is 2.48 bits per heavy atom. The fourth-order valence-corrected chi connectivity index (χ4v) is 3.10. The maximum atomic E-state index is 12.3. The minimum atomic E-state index is -0.184. The van der Waals surface area contributed by atoms with Crippen LogP contribution in [0.5, 0.6) is 11.5 Å². The molecule has 29 heavy (non-hydrogen) atoms. The summed E-state index contributed by atoms with van der Waals surface area (Å²) in [5, 5.41) is 11.2. The summed E-state index contributed by atoms with van der Waals surface area (Å²) in [5.74, 6) is 1.64. The van der Waals surface area contributed by atoms with Crippen molar-refractivity contribution in [3.05, 3.63) is 48.0 Å². The number of carbonyl (C=O) groups excluding carboxylic acids is 1. The van der Waals surface area contributed by atoms with Gasteiger partial charge in [-0.2, -0.15) is 0 Å². The van der Waals surface area contributed by atoms with Crippen molar-refractivity contribution in [3.63, 3.8) is 0 Å². The molecule has 152 valence electrons. The Hall–Kier alpha value is -3.00. The summed E-state index contributed by atoms with van der Waals surface area (Å²) in [7, 11) is 0. The van der Waals surface area contributed by atoms with Crippen molar-refractivity contribution in [1.82, 2.24) is 10.2 Å². The lowest BCUT2D eigenvalue weighted by Gasteiger charge is -2.12. The number of benzene rings is 2. The van der Waals surface area contributed by atoms with Gasteiger partial charge in [-0.3, -0.25) is 4.79 Å². The molecule has 1 aromatic heterocycles. The number of amides is 1. The zero-order valence-corrected chi connectivity index (χ0v) is 17.4. The molecule has 1 N–H and O–H groups in total. The second-order valence-electron chi connectivity index (χ2n) is 6.10. The summed E-state index contributed by atoms with van der Waals surface area (Å²) in [6.07, 6.45) is 0. The van der Waals surface area contributed by atoms with E-state index in [-0.39, 0.29) is 11.7 Å². The summed E-state index contributed by atoms with van der Waals surface area (Å²) in [6, 6.07) is 13.1. The fraction of sp³-hybridized carbons (Fsp3) is 0.286. The number of hydrogen-bond donors (Lipinski definition) is 1. The van der Waals surface area contributed by atoms with E-state index in [0.717, 1.165) is 11.1 Å². The molecule has 0 aliphatic rings. The summed E-state index contributed by atoms with van der Waals surface area (Å²) < 4.78 is 16.7. The molecule has 0 bridgehead atoms. The van der Waals surface area contributed by atoms with Crippen molar-refractivity contribution in [2.75, 3.05) is 24.3 Å². The summed E-state index contributed by atoms with van der Waals surface area (Å²) in [5.41, 5.74) is 2.63. The normalized spacial score (nSPS) is 10.6. The quantitative estimate of drug-likeness (QED) is 0.514. The molecule has 0 fully saturated rings. The Balaban J connectivity index is 1.57. The lowest BCUT2D eigenvalue weighted by atomic mass is 10.1. The molecule has 2 aromatic carbocycles. The Morgan fingerprint density at radius 2 is 1.76 bits per heavy atom. The molecule has 0 spiro atoms. The van der Waals surface area contributed by atoms with Crippen LogP contribution in [0.4, 0.5) is 5.69 Å². The lowest BCUT2D eigenvalue weighted by molar-refractivity contribution is -0.113. The highest BCUT2D eigenvalue weighted by Crippen LogP contribution is 2.31. The number of anilines is 1. The minimum Gasteiger partial charge on any atom is -0.490 e. The zero-order chi connectivity index (χ0) is 20.6. The number of rotatable bonds is 9. The van der Waals surface area contributed by atoms with Crippen molar-refractivity contribution >= 4 is 23.4 Å². The second kappa shape index (κ2) is 9.97. The molecular formula is C21H23N3O4S. The van der Waals surface area contributed by atoms with Crippen molar-refractivity contribution in [3.8, 4) is 23.0 Å². The molecule has 0 unspecified atom stereocenters. The average molecular weight is 413 g/mol. The minimum absolute atomic E-state index is 0.146. The Morgan fingerprint density at radius 1 is 1.03 bits per heavy atom. The third kappa shape index (κ3) is 5.74. The van der Waals surface area contributed by atoms with Crippen LogP contribution in [-0.2, 0) is 4.79 Å². The largest absolute Gasteiger partial charge is 0.490 e. The first kappa shape index (κ1) is 20.7. The third-order valence-electron chi connectivity index (χ3n) is 3.86. The predicted octanol–water partition coefficient (Wildman–Crippen LogP) is 4.57. The van der Waals surface area contributed by atoms with Gasteiger partial charge in [0.25, 0.3) is 5.22 Å². The molecule has 3 aromatic rings. The molecule has 7 nitrogen and oxygen atoms in total. The first-order valence-corrected chi connectivity index (χ1v) is 10.3. The number of carbonyl (C=O) groups is 1. The molecule has 3 rings (SSSR count).